The molecule has 9 heteroatoms. The van der Waals surface area contributed by atoms with Crippen molar-refractivity contribution in [2.45, 2.75) is 26.7 Å². The van der Waals surface area contributed by atoms with Crippen LogP contribution in [0.4, 0.5) is 4.79 Å². The number of likely N-dealkylation sites (N-methyl/N-ethyl adjacent to an activating group) is 1. The first-order chi connectivity index (χ1) is 19.3. The van der Waals surface area contributed by atoms with Crippen molar-refractivity contribution in [3.63, 3.8) is 0 Å². The third-order valence-corrected chi connectivity index (χ3v) is 6.19. The van der Waals surface area contributed by atoms with Crippen molar-refractivity contribution >= 4 is 29.5 Å². The van der Waals surface area contributed by atoms with Crippen molar-refractivity contribution < 1.29 is 28.6 Å². The van der Waals surface area contributed by atoms with Crippen molar-refractivity contribution in [2.24, 2.45) is 5.73 Å². The minimum atomic E-state index is -0.861. The van der Waals surface area contributed by atoms with Crippen LogP contribution in [-0.2, 0) is 16.0 Å². The van der Waals surface area contributed by atoms with Gasteiger partial charge >= 0.3 is 6.03 Å². The first kappa shape index (κ1) is 29.8. The highest BCUT2D eigenvalue weighted by molar-refractivity contribution is 6.24. The third-order valence-electron chi connectivity index (χ3n) is 6.19. The van der Waals surface area contributed by atoms with Gasteiger partial charge in [-0.2, -0.15) is 0 Å². The molecule has 0 spiro atoms. The lowest BCUT2D eigenvalue weighted by atomic mass is 10.0. The number of urea groups is 1. The number of aryl methyl sites for hydroxylation is 1. The summed E-state index contributed by atoms with van der Waals surface area (Å²) < 4.78 is 16.8. The summed E-state index contributed by atoms with van der Waals surface area (Å²) in [5, 5.41) is 2.05. The summed E-state index contributed by atoms with van der Waals surface area (Å²) in [7, 11) is 3.17. The van der Waals surface area contributed by atoms with E-state index in [0.29, 0.717) is 48.1 Å². The maximum absolute atomic E-state index is 13.5. The molecule has 3 N–H and O–H groups in total. The van der Waals surface area contributed by atoms with Gasteiger partial charge in [-0.3, -0.25) is 14.9 Å². The van der Waals surface area contributed by atoms with E-state index in [1.54, 1.807) is 37.3 Å². The molecule has 0 saturated heterocycles. The van der Waals surface area contributed by atoms with E-state index in [9.17, 15) is 14.4 Å². The largest absolute Gasteiger partial charge is 0.497 e. The van der Waals surface area contributed by atoms with Crippen molar-refractivity contribution in [1.82, 2.24) is 10.2 Å². The molecule has 0 atom stereocenters. The van der Waals surface area contributed by atoms with E-state index in [2.05, 4.69) is 0 Å². The zero-order valence-electron chi connectivity index (χ0n) is 23.2. The van der Waals surface area contributed by atoms with Gasteiger partial charge in [0.15, 0.2) is 0 Å². The van der Waals surface area contributed by atoms with Gasteiger partial charge in [0, 0.05) is 31.1 Å². The summed E-state index contributed by atoms with van der Waals surface area (Å²) in [4.78, 5) is 37.6. The first-order valence-electron chi connectivity index (χ1n) is 13.0. The lowest BCUT2D eigenvalue weighted by Crippen LogP contribution is -2.35. The number of nitrogens with one attached hydrogen (secondary N) is 1. The normalized spacial score (nSPS) is 10.9. The summed E-state index contributed by atoms with van der Waals surface area (Å²) in [6.07, 6.45) is 2.45. The average molecular weight is 546 g/mol. The molecule has 9 nitrogen and oxygen atoms in total. The number of primary amides is 1. The summed E-state index contributed by atoms with van der Waals surface area (Å²) in [6.45, 7) is 5.07. The monoisotopic (exact) mass is 545 g/mol. The van der Waals surface area contributed by atoms with Crippen LogP contribution in [-0.4, -0.2) is 50.1 Å². The van der Waals surface area contributed by atoms with Gasteiger partial charge in [0.1, 0.15) is 23.0 Å². The van der Waals surface area contributed by atoms with Crippen LogP contribution in [0.1, 0.15) is 37.0 Å². The van der Waals surface area contributed by atoms with E-state index in [-0.39, 0.29) is 12.3 Å². The Labute approximate surface area is 234 Å². The molecule has 0 bridgehead atoms. The molecule has 0 fully saturated rings. The smallest absolute Gasteiger partial charge is 0.318 e. The number of hydrogen-bond acceptors (Lipinski definition) is 6. The number of amides is 4. The molecule has 40 heavy (non-hydrogen) atoms. The molecule has 210 valence electrons. The van der Waals surface area contributed by atoms with Gasteiger partial charge in [-0.25, -0.2) is 4.79 Å². The van der Waals surface area contributed by atoms with Crippen LogP contribution >= 0.6 is 0 Å². The fourth-order valence-electron chi connectivity index (χ4n) is 4.05. The van der Waals surface area contributed by atoms with E-state index in [1.807, 2.05) is 73.8 Å². The lowest BCUT2D eigenvalue weighted by Gasteiger charge is -2.21. The Morgan fingerprint density at radius 3 is 1.88 bits per heavy atom. The minimum Gasteiger partial charge on any atom is -0.497 e. The topological polar surface area (TPSA) is 120 Å². The van der Waals surface area contributed by atoms with Gasteiger partial charge in [0.25, 0.3) is 5.91 Å². The molecule has 3 aromatic rings. The van der Waals surface area contributed by atoms with Gasteiger partial charge in [0.2, 0.25) is 5.91 Å². The van der Waals surface area contributed by atoms with Crippen molar-refractivity contribution in [3.8, 4) is 23.0 Å². The minimum absolute atomic E-state index is 0.0828. The van der Waals surface area contributed by atoms with Crippen LogP contribution in [0.5, 0.6) is 23.0 Å². The van der Waals surface area contributed by atoms with E-state index in [4.69, 9.17) is 19.9 Å². The molecular weight excluding hydrogens is 510 g/mol. The van der Waals surface area contributed by atoms with Crippen LogP contribution in [0.15, 0.2) is 66.7 Å². The number of benzene rings is 3. The van der Waals surface area contributed by atoms with Gasteiger partial charge in [-0.1, -0.05) is 24.3 Å². The molecule has 0 aliphatic heterocycles. The Morgan fingerprint density at radius 2 is 1.38 bits per heavy atom. The number of nitrogens with zero attached hydrogens (tertiary/aromatic N) is 1. The second kappa shape index (κ2) is 14.4. The predicted molar refractivity (Wildman–Crippen MR) is 154 cm³/mol. The quantitative estimate of drug-likeness (QED) is 0.243. The summed E-state index contributed by atoms with van der Waals surface area (Å²) >= 11 is 0. The molecule has 3 rings (SSSR count). The highest BCUT2D eigenvalue weighted by atomic mass is 16.5. The van der Waals surface area contributed by atoms with Crippen molar-refractivity contribution in [2.75, 3.05) is 27.3 Å². The molecular formula is C31H35N3O6. The van der Waals surface area contributed by atoms with Gasteiger partial charge < -0.3 is 24.8 Å². The molecule has 3 aromatic carbocycles. The maximum atomic E-state index is 13.5. The summed E-state index contributed by atoms with van der Waals surface area (Å²) in [5.74, 6) is 1.98. The molecule has 0 unspecified atom stereocenters. The number of imide groups is 1. The highest BCUT2D eigenvalue weighted by Crippen LogP contribution is 2.29. The second-order valence-corrected chi connectivity index (χ2v) is 8.86. The molecule has 0 heterocycles. The number of ether oxygens (including phenoxy) is 3. The number of hydrogen-bond donors (Lipinski definition) is 2. The van der Waals surface area contributed by atoms with Crippen LogP contribution in [0.2, 0.25) is 0 Å². The lowest BCUT2D eigenvalue weighted by molar-refractivity contribution is -0.124. The Kier molecular flexibility index (Phi) is 10.7. The standard InChI is InChI=1S/C31H35N3O6/c1-5-34(6-2)30(36)28(19-22-17-26(38-3)20-27(18-22)39-4)23-10-14-25(15-11-23)40-24-12-7-21(8-13-24)9-16-29(35)33-31(32)37/h7-8,10-15,17-20H,5-6,9,16H2,1-4H3,(H3,32,33,35,37). The summed E-state index contributed by atoms with van der Waals surface area (Å²) in [5.41, 5.74) is 7.94. The van der Waals surface area contributed by atoms with E-state index < -0.39 is 11.9 Å². The van der Waals surface area contributed by atoms with Crippen molar-refractivity contribution in [3.05, 3.63) is 83.4 Å². The molecule has 0 aliphatic rings. The molecule has 0 aromatic heterocycles. The fraction of sp³-hybridized carbons (Fsp3) is 0.258. The van der Waals surface area contributed by atoms with Crippen LogP contribution in [0.3, 0.4) is 0 Å². The molecule has 0 aliphatic carbocycles. The second-order valence-electron chi connectivity index (χ2n) is 8.86. The number of carbonyl (C=O) groups excluding carboxylic acids is 3. The SMILES string of the molecule is CCN(CC)C(=O)C(=Cc1cc(OC)cc(OC)c1)c1ccc(Oc2ccc(CCC(=O)NC(N)=O)cc2)cc1. The van der Waals surface area contributed by atoms with E-state index >= 15 is 0 Å². The first-order valence-corrected chi connectivity index (χ1v) is 13.0. The Hall–Kier alpha value is -4.79. The van der Waals surface area contributed by atoms with Gasteiger partial charge in [-0.05, 0) is 79.4 Å². The summed E-state index contributed by atoms with van der Waals surface area (Å²) in [6, 6.07) is 19.3. The molecule has 0 radical (unpaired) electrons. The van der Waals surface area contributed by atoms with E-state index in [1.165, 1.54) is 0 Å². The highest BCUT2D eigenvalue weighted by Gasteiger charge is 2.18. The Bertz CT molecular complexity index is 1320. The zero-order chi connectivity index (χ0) is 29.1. The van der Waals surface area contributed by atoms with Gasteiger partial charge in [0.05, 0.1) is 14.2 Å². The number of carbonyl (C=O) groups is 3. The number of methoxy groups -OCH3 is 2. The van der Waals surface area contributed by atoms with Crippen LogP contribution < -0.4 is 25.3 Å². The number of rotatable bonds is 12. The Balaban J connectivity index is 1.80. The zero-order valence-corrected chi connectivity index (χ0v) is 23.2. The van der Waals surface area contributed by atoms with E-state index in [0.717, 1.165) is 16.7 Å². The predicted octanol–water partition coefficient (Wildman–Crippen LogP) is 5.03. The Morgan fingerprint density at radius 1 is 0.825 bits per heavy atom. The average Bonchev–Trinajstić information content (AvgIpc) is 2.96. The van der Waals surface area contributed by atoms with Crippen molar-refractivity contribution in [1.29, 1.82) is 0 Å². The molecule has 4 amide bonds. The fourth-order valence-corrected chi connectivity index (χ4v) is 4.05. The van der Waals surface area contributed by atoms with Crippen LogP contribution in [0, 0.1) is 0 Å². The van der Waals surface area contributed by atoms with Crippen LogP contribution in [0.25, 0.3) is 11.6 Å². The maximum Gasteiger partial charge on any atom is 0.318 e. The number of nitrogens with two attached hydrogens (primary N) is 1. The van der Waals surface area contributed by atoms with Gasteiger partial charge in [-0.15, -0.1) is 0 Å². The molecule has 0 saturated carbocycles. The third kappa shape index (κ3) is 8.36.